The van der Waals surface area contributed by atoms with Crippen molar-refractivity contribution in [2.45, 2.75) is 19.4 Å². The van der Waals surface area contributed by atoms with Gasteiger partial charge in [-0.1, -0.05) is 0 Å². The number of aliphatic hydroxyl groups excluding tert-OH is 1. The van der Waals surface area contributed by atoms with Crippen LogP contribution in [-0.4, -0.2) is 24.4 Å². The van der Waals surface area contributed by atoms with Crippen LogP contribution in [0, 0.1) is 12.3 Å². The quantitative estimate of drug-likeness (QED) is 0.439. The van der Waals surface area contributed by atoms with Crippen molar-refractivity contribution < 1.29 is 9.84 Å². The monoisotopic (exact) mass is 128 g/mol. The van der Waals surface area contributed by atoms with E-state index in [0.717, 1.165) is 0 Å². The van der Waals surface area contributed by atoms with E-state index in [1.54, 1.807) is 6.92 Å². The van der Waals surface area contributed by atoms with Crippen LogP contribution in [0.4, 0.5) is 0 Å². The molecular formula is C7H12O2. The van der Waals surface area contributed by atoms with Gasteiger partial charge < -0.3 is 9.84 Å². The number of hydrogen-bond donors (Lipinski definition) is 1. The van der Waals surface area contributed by atoms with E-state index < -0.39 is 0 Å². The topological polar surface area (TPSA) is 29.5 Å². The van der Waals surface area contributed by atoms with E-state index in [-0.39, 0.29) is 12.7 Å². The van der Waals surface area contributed by atoms with Crippen LogP contribution in [-0.2, 0) is 4.74 Å². The van der Waals surface area contributed by atoms with Crippen LogP contribution in [0.5, 0.6) is 0 Å². The van der Waals surface area contributed by atoms with Gasteiger partial charge in [-0.15, -0.1) is 12.3 Å². The van der Waals surface area contributed by atoms with Crippen LogP contribution < -0.4 is 0 Å². The fourth-order valence-corrected chi connectivity index (χ4v) is 0.372. The van der Waals surface area contributed by atoms with Gasteiger partial charge in [-0.3, -0.25) is 0 Å². The lowest BCUT2D eigenvalue weighted by Gasteiger charge is -2.06. The highest BCUT2D eigenvalue weighted by Gasteiger charge is 1.95. The highest BCUT2D eigenvalue weighted by atomic mass is 16.5. The lowest BCUT2D eigenvalue weighted by Crippen LogP contribution is -2.13. The lowest BCUT2D eigenvalue weighted by atomic mass is 10.4. The Morgan fingerprint density at radius 1 is 1.78 bits per heavy atom. The van der Waals surface area contributed by atoms with Crippen molar-refractivity contribution in [3.05, 3.63) is 0 Å². The Balaban J connectivity index is 2.99. The van der Waals surface area contributed by atoms with E-state index in [2.05, 4.69) is 5.92 Å². The molecule has 0 aliphatic carbocycles. The molecule has 0 aliphatic heterocycles. The first-order valence-electron chi connectivity index (χ1n) is 2.97. The third-order valence-corrected chi connectivity index (χ3v) is 0.906. The highest BCUT2D eigenvalue weighted by molar-refractivity contribution is 4.82. The molecule has 2 nitrogen and oxygen atoms in total. The summed E-state index contributed by atoms with van der Waals surface area (Å²) in [7, 11) is 0. The second-order valence-electron chi connectivity index (χ2n) is 1.82. The summed E-state index contributed by atoms with van der Waals surface area (Å²) in [5, 5.41) is 8.46. The molecule has 0 radical (unpaired) electrons. The number of terminal acetylenes is 1. The molecule has 0 rings (SSSR count). The predicted octanol–water partition coefficient (Wildman–Crippen LogP) is 0.407. The van der Waals surface area contributed by atoms with Crippen molar-refractivity contribution in [1.82, 2.24) is 0 Å². The first kappa shape index (κ1) is 8.48. The maximum atomic E-state index is 8.46. The fourth-order valence-electron chi connectivity index (χ4n) is 0.372. The minimum absolute atomic E-state index is 0.0601. The van der Waals surface area contributed by atoms with Crippen LogP contribution in [0.25, 0.3) is 0 Å². The normalized spacial score (nSPS) is 12.6. The van der Waals surface area contributed by atoms with Gasteiger partial charge in [-0.25, -0.2) is 0 Å². The largest absolute Gasteiger partial charge is 0.394 e. The molecule has 0 amide bonds. The fraction of sp³-hybridized carbons (Fsp3) is 0.714. The second-order valence-corrected chi connectivity index (χ2v) is 1.82. The number of hydrogen-bond acceptors (Lipinski definition) is 2. The molecule has 2 heteroatoms. The Morgan fingerprint density at radius 3 is 2.89 bits per heavy atom. The van der Waals surface area contributed by atoms with Crippen LogP contribution in [0.2, 0.25) is 0 Å². The molecule has 0 fully saturated rings. The Bertz CT molecular complexity index is 93.6. The molecule has 0 aliphatic rings. The van der Waals surface area contributed by atoms with E-state index in [0.29, 0.717) is 13.0 Å². The van der Waals surface area contributed by atoms with Crippen LogP contribution >= 0.6 is 0 Å². The molecule has 9 heavy (non-hydrogen) atoms. The van der Waals surface area contributed by atoms with E-state index in [1.807, 2.05) is 0 Å². The zero-order chi connectivity index (χ0) is 7.11. The molecule has 0 spiro atoms. The predicted molar refractivity (Wildman–Crippen MR) is 35.9 cm³/mol. The summed E-state index contributed by atoms with van der Waals surface area (Å²) >= 11 is 0. The lowest BCUT2D eigenvalue weighted by molar-refractivity contribution is 0.0282. The van der Waals surface area contributed by atoms with Crippen LogP contribution in [0.1, 0.15) is 13.3 Å². The first-order valence-corrected chi connectivity index (χ1v) is 2.97. The molecule has 0 bridgehead atoms. The molecule has 52 valence electrons. The van der Waals surface area contributed by atoms with Gasteiger partial charge in [0.25, 0.3) is 0 Å². The molecule has 1 atom stereocenters. The average molecular weight is 128 g/mol. The van der Waals surface area contributed by atoms with Crippen molar-refractivity contribution >= 4 is 0 Å². The van der Waals surface area contributed by atoms with Gasteiger partial charge >= 0.3 is 0 Å². The van der Waals surface area contributed by atoms with Crippen LogP contribution in [0.15, 0.2) is 0 Å². The summed E-state index contributed by atoms with van der Waals surface area (Å²) < 4.78 is 5.04. The van der Waals surface area contributed by atoms with Crippen molar-refractivity contribution in [3.8, 4) is 12.3 Å². The molecule has 0 saturated heterocycles. The van der Waals surface area contributed by atoms with Crippen LogP contribution in [0.3, 0.4) is 0 Å². The minimum atomic E-state index is -0.0849. The maximum absolute atomic E-state index is 8.46. The van der Waals surface area contributed by atoms with Crippen molar-refractivity contribution in [1.29, 1.82) is 0 Å². The van der Waals surface area contributed by atoms with E-state index in [1.165, 1.54) is 0 Å². The Morgan fingerprint density at radius 2 is 2.44 bits per heavy atom. The summed E-state index contributed by atoms with van der Waals surface area (Å²) in [5.41, 5.74) is 0. The summed E-state index contributed by atoms with van der Waals surface area (Å²) in [6, 6.07) is 0. The molecule has 1 unspecified atom stereocenters. The van der Waals surface area contributed by atoms with Crippen molar-refractivity contribution in [2.75, 3.05) is 13.2 Å². The molecule has 0 aromatic heterocycles. The molecular weight excluding hydrogens is 116 g/mol. The summed E-state index contributed by atoms with van der Waals surface area (Å²) in [6.45, 7) is 2.40. The maximum Gasteiger partial charge on any atom is 0.0778 e. The van der Waals surface area contributed by atoms with Gasteiger partial charge in [-0.2, -0.15) is 0 Å². The van der Waals surface area contributed by atoms with Gasteiger partial charge in [0.1, 0.15) is 0 Å². The number of rotatable bonds is 4. The number of aliphatic hydroxyl groups is 1. The van der Waals surface area contributed by atoms with Gasteiger partial charge in [0.05, 0.1) is 19.3 Å². The number of ether oxygens (including phenoxy) is 1. The van der Waals surface area contributed by atoms with E-state index >= 15 is 0 Å². The molecule has 0 aromatic rings. The third kappa shape index (κ3) is 5.35. The summed E-state index contributed by atoms with van der Waals surface area (Å²) in [6.07, 6.45) is 5.49. The van der Waals surface area contributed by atoms with Gasteiger partial charge in [0.2, 0.25) is 0 Å². The Labute approximate surface area is 55.8 Å². The van der Waals surface area contributed by atoms with Gasteiger partial charge in [0.15, 0.2) is 0 Å². The van der Waals surface area contributed by atoms with Crippen molar-refractivity contribution in [3.63, 3.8) is 0 Å². The van der Waals surface area contributed by atoms with Gasteiger partial charge in [0, 0.05) is 6.42 Å². The molecule has 0 saturated carbocycles. The Hall–Kier alpha value is -0.520. The third-order valence-electron chi connectivity index (χ3n) is 0.906. The zero-order valence-corrected chi connectivity index (χ0v) is 5.63. The van der Waals surface area contributed by atoms with Gasteiger partial charge in [-0.05, 0) is 6.92 Å². The average Bonchev–Trinajstić information content (AvgIpc) is 1.89. The first-order chi connectivity index (χ1) is 4.31. The second kappa shape index (κ2) is 5.61. The minimum Gasteiger partial charge on any atom is -0.394 e. The standard InChI is InChI=1S/C7H12O2/c1-3-4-5-9-7(2)6-8/h1,7-8H,4-6H2,2H3. The Kier molecular flexibility index (Phi) is 5.29. The molecule has 0 heterocycles. The van der Waals surface area contributed by atoms with Crippen molar-refractivity contribution in [2.24, 2.45) is 0 Å². The van der Waals surface area contributed by atoms with E-state index in [9.17, 15) is 0 Å². The SMILES string of the molecule is C#CCCOC(C)CO. The molecule has 1 N–H and O–H groups in total. The van der Waals surface area contributed by atoms with E-state index in [4.69, 9.17) is 16.3 Å². The highest BCUT2D eigenvalue weighted by Crippen LogP contribution is 1.88. The zero-order valence-electron chi connectivity index (χ0n) is 5.63. The smallest absolute Gasteiger partial charge is 0.0778 e. The molecule has 0 aromatic carbocycles. The summed E-state index contributed by atoms with van der Waals surface area (Å²) in [5.74, 6) is 2.44. The summed E-state index contributed by atoms with van der Waals surface area (Å²) in [4.78, 5) is 0.